The first kappa shape index (κ1) is 22.5. The Bertz CT molecular complexity index is 1780. The van der Waals surface area contributed by atoms with Gasteiger partial charge in [0, 0.05) is 0 Å². The molecule has 5 aromatic carbocycles. The van der Waals surface area contributed by atoms with Gasteiger partial charge in [0.15, 0.2) is 0 Å². The Balaban J connectivity index is 1.44. The predicted octanol–water partition coefficient (Wildman–Crippen LogP) is 9.78. The third kappa shape index (κ3) is 3.31. The highest BCUT2D eigenvalue weighted by Gasteiger charge is 2.47. The van der Waals surface area contributed by atoms with Crippen LogP contribution in [0.5, 0.6) is 0 Å². The molecule has 1 atom stereocenters. The summed E-state index contributed by atoms with van der Waals surface area (Å²) in [5, 5.41) is 0. The molecule has 1 spiro atoms. The van der Waals surface area contributed by atoms with Gasteiger partial charge in [-0.3, -0.25) is 0 Å². The van der Waals surface area contributed by atoms with Crippen LogP contribution in [0, 0.1) is 6.92 Å². The minimum atomic E-state index is -0.443. The first-order valence-corrected chi connectivity index (χ1v) is 13.2. The average molecular weight is 485 g/mol. The van der Waals surface area contributed by atoms with Crippen LogP contribution in [-0.2, 0) is 5.41 Å². The van der Waals surface area contributed by atoms with Crippen molar-refractivity contribution in [3.05, 3.63) is 173 Å². The molecule has 0 aliphatic heterocycles. The SMILES string of the molecule is C=C1/C=C\C=C/c2ccccc2C12c1ccccc1-c1ccc(-c3ccc(-c4cccc(C)c4)cc3)cc12. The third-order valence-corrected chi connectivity index (χ3v) is 8.15. The van der Waals surface area contributed by atoms with Gasteiger partial charge in [0.25, 0.3) is 0 Å². The number of benzene rings is 5. The first-order valence-electron chi connectivity index (χ1n) is 13.2. The Hall–Kier alpha value is -4.68. The van der Waals surface area contributed by atoms with E-state index in [0.717, 1.165) is 5.57 Å². The molecule has 2 aliphatic carbocycles. The Labute approximate surface area is 224 Å². The number of fused-ring (bicyclic) bond motifs is 7. The molecule has 7 rings (SSSR count). The van der Waals surface area contributed by atoms with Crippen molar-refractivity contribution >= 4 is 6.08 Å². The second-order valence-electron chi connectivity index (χ2n) is 10.3. The van der Waals surface area contributed by atoms with Gasteiger partial charge in [-0.25, -0.2) is 0 Å². The van der Waals surface area contributed by atoms with Gasteiger partial charge in [-0.1, -0.05) is 146 Å². The largest absolute Gasteiger partial charge is 0.0942 e. The molecule has 0 heteroatoms. The number of hydrogen-bond donors (Lipinski definition) is 0. The number of allylic oxidation sites excluding steroid dienone is 4. The number of aryl methyl sites for hydroxylation is 1. The first-order chi connectivity index (χ1) is 18.7. The summed E-state index contributed by atoms with van der Waals surface area (Å²) in [6.45, 7) is 6.82. The summed E-state index contributed by atoms with van der Waals surface area (Å²) in [6, 6.07) is 42.2. The van der Waals surface area contributed by atoms with Crippen LogP contribution in [0.2, 0.25) is 0 Å². The average Bonchev–Trinajstić information content (AvgIpc) is 3.25. The van der Waals surface area contributed by atoms with Crippen molar-refractivity contribution in [1.29, 1.82) is 0 Å². The van der Waals surface area contributed by atoms with Crippen molar-refractivity contribution in [3.8, 4) is 33.4 Å². The van der Waals surface area contributed by atoms with E-state index in [0.29, 0.717) is 0 Å². The minimum absolute atomic E-state index is 0.443. The molecule has 2 aliphatic rings. The predicted molar refractivity (Wildman–Crippen MR) is 161 cm³/mol. The molecule has 0 bridgehead atoms. The summed E-state index contributed by atoms with van der Waals surface area (Å²) >= 11 is 0. The topological polar surface area (TPSA) is 0 Å². The molecule has 38 heavy (non-hydrogen) atoms. The summed E-state index contributed by atoms with van der Waals surface area (Å²) in [4.78, 5) is 0. The maximum Gasteiger partial charge on any atom is 0.0713 e. The van der Waals surface area contributed by atoms with Crippen molar-refractivity contribution in [1.82, 2.24) is 0 Å². The highest BCUT2D eigenvalue weighted by molar-refractivity contribution is 5.90. The molecule has 0 saturated heterocycles. The summed E-state index contributed by atoms with van der Waals surface area (Å²) in [7, 11) is 0. The Morgan fingerprint density at radius 3 is 1.92 bits per heavy atom. The van der Waals surface area contributed by atoms with E-state index in [1.807, 2.05) is 0 Å². The minimum Gasteiger partial charge on any atom is -0.0942 e. The van der Waals surface area contributed by atoms with Gasteiger partial charge in [0.2, 0.25) is 0 Å². The van der Waals surface area contributed by atoms with Crippen molar-refractivity contribution in [2.75, 3.05) is 0 Å². The summed E-state index contributed by atoms with van der Waals surface area (Å²) in [5.74, 6) is 0. The fourth-order valence-corrected chi connectivity index (χ4v) is 6.39. The quantitative estimate of drug-likeness (QED) is 0.234. The molecule has 0 nitrogen and oxygen atoms in total. The summed E-state index contributed by atoms with van der Waals surface area (Å²) in [5.41, 5.74) is 14.5. The molecular weight excluding hydrogens is 456 g/mol. The van der Waals surface area contributed by atoms with Crippen LogP contribution in [-0.4, -0.2) is 0 Å². The zero-order valence-corrected chi connectivity index (χ0v) is 21.5. The maximum absolute atomic E-state index is 4.68. The molecule has 0 saturated carbocycles. The van der Waals surface area contributed by atoms with Crippen LogP contribution in [0.15, 0.2) is 146 Å². The lowest BCUT2D eigenvalue weighted by Gasteiger charge is -2.36. The van der Waals surface area contributed by atoms with E-state index in [-0.39, 0.29) is 0 Å². The fourth-order valence-electron chi connectivity index (χ4n) is 6.39. The Morgan fingerprint density at radius 1 is 0.500 bits per heavy atom. The molecule has 1 unspecified atom stereocenters. The van der Waals surface area contributed by atoms with E-state index in [9.17, 15) is 0 Å². The standard InChI is InChI=1S/C38H28/c1-26-10-9-14-31(24-26)28-18-20-29(21-19-28)32-22-23-34-33-15-6-8-17-36(33)38(37(34)25-32)27(2)11-3-4-12-30-13-5-7-16-35(30)38/h3-25H,2H2,1H3/b11-3-,12-4-. The van der Waals surface area contributed by atoms with Gasteiger partial charge in [0.05, 0.1) is 5.41 Å². The zero-order valence-electron chi connectivity index (χ0n) is 21.5. The smallest absolute Gasteiger partial charge is 0.0713 e. The van der Waals surface area contributed by atoms with E-state index in [1.165, 1.54) is 61.2 Å². The Morgan fingerprint density at radius 2 is 1.13 bits per heavy atom. The maximum atomic E-state index is 4.68. The lowest BCUT2D eigenvalue weighted by molar-refractivity contribution is 0.767. The highest BCUT2D eigenvalue weighted by atomic mass is 14.5. The van der Waals surface area contributed by atoms with Gasteiger partial charge in [-0.05, 0) is 74.2 Å². The number of rotatable bonds is 2. The van der Waals surface area contributed by atoms with E-state index in [4.69, 9.17) is 0 Å². The lowest BCUT2D eigenvalue weighted by atomic mass is 9.65. The van der Waals surface area contributed by atoms with Crippen LogP contribution in [0.3, 0.4) is 0 Å². The second kappa shape index (κ2) is 8.71. The van der Waals surface area contributed by atoms with Crippen LogP contribution in [0.25, 0.3) is 39.5 Å². The number of hydrogen-bond acceptors (Lipinski definition) is 0. The fraction of sp³-hybridized carbons (Fsp3) is 0.0526. The summed E-state index contributed by atoms with van der Waals surface area (Å²) in [6.07, 6.45) is 8.63. The second-order valence-corrected chi connectivity index (χ2v) is 10.3. The molecule has 5 aromatic rings. The summed E-state index contributed by atoms with van der Waals surface area (Å²) < 4.78 is 0. The van der Waals surface area contributed by atoms with Gasteiger partial charge in [0.1, 0.15) is 0 Å². The molecule has 0 aromatic heterocycles. The van der Waals surface area contributed by atoms with Crippen LogP contribution in [0.1, 0.15) is 27.8 Å². The van der Waals surface area contributed by atoms with E-state index < -0.39 is 5.41 Å². The van der Waals surface area contributed by atoms with Gasteiger partial charge in [-0.15, -0.1) is 0 Å². The van der Waals surface area contributed by atoms with Crippen molar-refractivity contribution in [2.45, 2.75) is 12.3 Å². The molecule has 0 heterocycles. The van der Waals surface area contributed by atoms with Crippen LogP contribution < -0.4 is 0 Å². The van der Waals surface area contributed by atoms with E-state index in [2.05, 4.69) is 153 Å². The van der Waals surface area contributed by atoms with Gasteiger partial charge in [-0.2, -0.15) is 0 Å². The highest BCUT2D eigenvalue weighted by Crippen LogP contribution is 2.57. The molecule has 0 N–H and O–H groups in total. The van der Waals surface area contributed by atoms with Crippen molar-refractivity contribution < 1.29 is 0 Å². The van der Waals surface area contributed by atoms with Gasteiger partial charge >= 0.3 is 0 Å². The molecule has 180 valence electrons. The Kier molecular flexibility index (Phi) is 5.16. The molecule has 0 radical (unpaired) electrons. The molecule has 0 fully saturated rings. The third-order valence-electron chi connectivity index (χ3n) is 8.15. The van der Waals surface area contributed by atoms with E-state index >= 15 is 0 Å². The molecular formula is C38H28. The normalized spacial score (nSPS) is 18.7. The van der Waals surface area contributed by atoms with Crippen LogP contribution in [0.4, 0.5) is 0 Å². The zero-order chi connectivity index (χ0) is 25.7. The van der Waals surface area contributed by atoms with Crippen molar-refractivity contribution in [3.63, 3.8) is 0 Å². The molecule has 0 amide bonds. The van der Waals surface area contributed by atoms with E-state index in [1.54, 1.807) is 0 Å². The lowest BCUT2D eigenvalue weighted by Crippen LogP contribution is -2.29. The monoisotopic (exact) mass is 484 g/mol. The van der Waals surface area contributed by atoms with Crippen molar-refractivity contribution in [2.24, 2.45) is 0 Å². The van der Waals surface area contributed by atoms with Crippen LogP contribution >= 0.6 is 0 Å². The van der Waals surface area contributed by atoms with Gasteiger partial charge < -0.3 is 0 Å².